The first kappa shape index (κ1) is 9.28. The van der Waals surface area contributed by atoms with Crippen LogP contribution in [0.5, 0.6) is 5.88 Å². The maximum absolute atomic E-state index is 6.13. The highest BCUT2D eigenvalue weighted by molar-refractivity contribution is 6.36. The van der Waals surface area contributed by atoms with Gasteiger partial charge in [-0.15, -0.1) is 0 Å². The van der Waals surface area contributed by atoms with Crippen LogP contribution in [0.2, 0.25) is 5.02 Å². The van der Waals surface area contributed by atoms with E-state index in [2.05, 4.69) is 4.98 Å². The van der Waals surface area contributed by atoms with Crippen molar-refractivity contribution in [1.82, 2.24) is 4.98 Å². The molecule has 0 unspecified atom stereocenters. The first-order chi connectivity index (χ1) is 6.74. The Balaban J connectivity index is 2.87. The maximum Gasteiger partial charge on any atom is 0.233 e. The van der Waals surface area contributed by atoms with Crippen molar-refractivity contribution in [3.8, 4) is 5.88 Å². The summed E-state index contributed by atoms with van der Waals surface area (Å²) in [7, 11) is 1.57. The quantitative estimate of drug-likeness (QED) is 0.717. The highest BCUT2D eigenvalue weighted by Crippen LogP contribution is 2.31. The topological polar surface area (TPSA) is 22.1 Å². The van der Waals surface area contributed by atoms with E-state index in [0.717, 1.165) is 16.5 Å². The van der Waals surface area contributed by atoms with Gasteiger partial charge >= 0.3 is 0 Å². The molecule has 0 aliphatic heterocycles. The summed E-state index contributed by atoms with van der Waals surface area (Å²) in [6.45, 7) is 1.95. The summed E-state index contributed by atoms with van der Waals surface area (Å²) in [5.41, 5.74) is 0.932. The fourth-order valence-electron chi connectivity index (χ4n) is 1.50. The van der Waals surface area contributed by atoms with Crippen LogP contribution >= 0.6 is 11.6 Å². The number of fused-ring (bicyclic) bond motifs is 1. The number of pyridine rings is 1. The molecule has 72 valence electrons. The van der Waals surface area contributed by atoms with Gasteiger partial charge in [0.2, 0.25) is 5.88 Å². The fourth-order valence-corrected chi connectivity index (χ4v) is 1.79. The summed E-state index contributed by atoms with van der Waals surface area (Å²) in [6, 6.07) is 7.89. The molecule has 2 aromatic rings. The third-order valence-corrected chi connectivity index (χ3v) is 2.57. The van der Waals surface area contributed by atoms with E-state index in [1.54, 1.807) is 7.11 Å². The zero-order chi connectivity index (χ0) is 10.1. The minimum Gasteiger partial charge on any atom is -0.480 e. The Morgan fingerprint density at radius 2 is 1.86 bits per heavy atom. The van der Waals surface area contributed by atoms with Crippen molar-refractivity contribution in [3.05, 3.63) is 35.0 Å². The number of hydrogen-bond donors (Lipinski definition) is 0. The molecular formula is C11H10ClNO. The minimum absolute atomic E-state index is 0.489. The van der Waals surface area contributed by atoms with Crippen molar-refractivity contribution in [3.63, 3.8) is 0 Å². The monoisotopic (exact) mass is 207 g/mol. The minimum atomic E-state index is 0.489. The second kappa shape index (κ2) is 3.46. The molecule has 0 atom stereocenters. The van der Waals surface area contributed by atoms with Crippen molar-refractivity contribution in [2.24, 2.45) is 0 Å². The van der Waals surface area contributed by atoms with E-state index in [4.69, 9.17) is 16.3 Å². The molecule has 0 aliphatic rings. The molecule has 0 saturated carbocycles. The summed E-state index contributed by atoms with van der Waals surface area (Å²) in [6.07, 6.45) is 0. The van der Waals surface area contributed by atoms with E-state index >= 15 is 0 Å². The van der Waals surface area contributed by atoms with Crippen LogP contribution in [0.3, 0.4) is 0 Å². The Morgan fingerprint density at radius 1 is 1.21 bits per heavy atom. The van der Waals surface area contributed by atoms with E-state index in [-0.39, 0.29) is 0 Å². The molecule has 0 saturated heterocycles. The van der Waals surface area contributed by atoms with Crippen LogP contribution in [0.15, 0.2) is 24.3 Å². The number of ether oxygens (including phenoxy) is 1. The number of methoxy groups -OCH3 is 1. The number of aryl methyl sites for hydroxylation is 1. The van der Waals surface area contributed by atoms with Gasteiger partial charge in [-0.3, -0.25) is 0 Å². The van der Waals surface area contributed by atoms with Crippen molar-refractivity contribution in [2.75, 3.05) is 7.11 Å². The summed E-state index contributed by atoms with van der Waals surface area (Å²) in [5, 5.41) is 2.63. The molecule has 0 aliphatic carbocycles. The molecule has 2 rings (SSSR count). The van der Waals surface area contributed by atoms with Crippen LogP contribution in [0, 0.1) is 6.92 Å². The maximum atomic E-state index is 6.13. The lowest BCUT2D eigenvalue weighted by Crippen LogP contribution is -1.92. The van der Waals surface area contributed by atoms with E-state index in [0.29, 0.717) is 10.9 Å². The summed E-state index contributed by atoms with van der Waals surface area (Å²) in [4.78, 5) is 4.27. The van der Waals surface area contributed by atoms with Crippen LogP contribution in [-0.4, -0.2) is 12.1 Å². The smallest absolute Gasteiger partial charge is 0.233 e. The Labute approximate surface area is 87.5 Å². The van der Waals surface area contributed by atoms with Gasteiger partial charge in [-0.1, -0.05) is 35.9 Å². The summed E-state index contributed by atoms with van der Waals surface area (Å²) in [5.74, 6) is 0.489. The molecule has 0 amide bonds. The SMILES string of the molecule is COc1nc(C)c2ccccc2c1Cl. The normalized spacial score (nSPS) is 10.5. The van der Waals surface area contributed by atoms with Gasteiger partial charge in [0.25, 0.3) is 0 Å². The standard InChI is InChI=1S/C11H10ClNO/c1-7-8-5-3-4-6-9(8)10(12)11(13-7)14-2/h3-6H,1-2H3. The van der Waals surface area contributed by atoms with Gasteiger partial charge in [0.1, 0.15) is 5.02 Å². The van der Waals surface area contributed by atoms with Crippen LogP contribution in [0.25, 0.3) is 10.8 Å². The predicted molar refractivity (Wildman–Crippen MR) is 58.0 cm³/mol. The zero-order valence-corrected chi connectivity index (χ0v) is 8.80. The molecule has 0 radical (unpaired) electrons. The highest BCUT2D eigenvalue weighted by Gasteiger charge is 2.09. The second-order valence-electron chi connectivity index (χ2n) is 3.07. The lowest BCUT2D eigenvalue weighted by Gasteiger charge is -2.07. The Hall–Kier alpha value is -1.28. The highest BCUT2D eigenvalue weighted by atomic mass is 35.5. The Bertz CT molecular complexity index is 482. The van der Waals surface area contributed by atoms with Crippen molar-refractivity contribution in [2.45, 2.75) is 6.92 Å². The van der Waals surface area contributed by atoms with Gasteiger partial charge in [-0.2, -0.15) is 0 Å². The molecule has 0 spiro atoms. The van der Waals surface area contributed by atoms with Crippen molar-refractivity contribution >= 4 is 22.4 Å². The van der Waals surface area contributed by atoms with Gasteiger partial charge in [0.05, 0.1) is 7.11 Å². The average Bonchev–Trinajstić information content (AvgIpc) is 2.23. The molecule has 3 heteroatoms. The molecule has 1 heterocycles. The number of benzene rings is 1. The first-order valence-electron chi connectivity index (χ1n) is 4.33. The molecule has 1 aromatic heterocycles. The number of aromatic nitrogens is 1. The number of nitrogens with zero attached hydrogens (tertiary/aromatic N) is 1. The van der Waals surface area contributed by atoms with E-state index in [1.165, 1.54) is 0 Å². The average molecular weight is 208 g/mol. The Kier molecular flexibility index (Phi) is 2.30. The lowest BCUT2D eigenvalue weighted by molar-refractivity contribution is 0.398. The third-order valence-electron chi connectivity index (χ3n) is 2.20. The number of rotatable bonds is 1. The van der Waals surface area contributed by atoms with E-state index in [1.807, 2.05) is 31.2 Å². The molecule has 2 nitrogen and oxygen atoms in total. The van der Waals surface area contributed by atoms with Crippen LogP contribution in [0.4, 0.5) is 0 Å². The number of hydrogen-bond acceptors (Lipinski definition) is 2. The number of halogens is 1. The molecule has 14 heavy (non-hydrogen) atoms. The molecule has 0 fully saturated rings. The Morgan fingerprint density at radius 3 is 2.50 bits per heavy atom. The first-order valence-corrected chi connectivity index (χ1v) is 4.70. The van der Waals surface area contributed by atoms with E-state index in [9.17, 15) is 0 Å². The molecular weight excluding hydrogens is 198 g/mol. The van der Waals surface area contributed by atoms with Gasteiger partial charge < -0.3 is 4.74 Å². The van der Waals surface area contributed by atoms with Crippen LogP contribution in [0.1, 0.15) is 5.69 Å². The second-order valence-corrected chi connectivity index (χ2v) is 3.44. The van der Waals surface area contributed by atoms with Crippen LogP contribution < -0.4 is 4.74 Å². The fraction of sp³-hybridized carbons (Fsp3) is 0.182. The van der Waals surface area contributed by atoms with Crippen molar-refractivity contribution in [1.29, 1.82) is 0 Å². The molecule has 0 bridgehead atoms. The zero-order valence-electron chi connectivity index (χ0n) is 8.04. The van der Waals surface area contributed by atoms with Crippen LogP contribution in [-0.2, 0) is 0 Å². The van der Waals surface area contributed by atoms with Crippen molar-refractivity contribution < 1.29 is 4.74 Å². The molecule has 1 aromatic carbocycles. The van der Waals surface area contributed by atoms with Gasteiger partial charge in [0.15, 0.2) is 0 Å². The van der Waals surface area contributed by atoms with Gasteiger partial charge in [-0.05, 0) is 6.92 Å². The largest absolute Gasteiger partial charge is 0.480 e. The lowest BCUT2D eigenvalue weighted by atomic mass is 10.1. The predicted octanol–water partition coefficient (Wildman–Crippen LogP) is 3.21. The van der Waals surface area contributed by atoms with Gasteiger partial charge in [0, 0.05) is 16.5 Å². The van der Waals surface area contributed by atoms with Gasteiger partial charge in [-0.25, -0.2) is 4.98 Å². The molecule has 0 N–H and O–H groups in total. The summed E-state index contributed by atoms with van der Waals surface area (Å²) < 4.78 is 5.09. The third kappa shape index (κ3) is 1.32. The summed E-state index contributed by atoms with van der Waals surface area (Å²) >= 11 is 6.13. The van der Waals surface area contributed by atoms with E-state index < -0.39 is 0 Å².